The maximum Gasteiger partial charge on any atom is 0.195 e. The van der Waals surface area contributed by atoms with E-state index in [1.54, 1.807) is 72.8 Å². The predicted molar refractivity (Wildman–Crippen MR) is 296 cm³/mol. The molecule has 65 heavy (non-hydrogen) atoms. The van der Waals surface area contributed by atoms with Crippen LogP contribution in [-0.2, 0) is 25.7 Å². The number of rotatable bonds is 8. The quantitative estimate of drug-likeness (QED) is 0.0759. The minimum absolute atomic E-state index is 0.0340. The van der Waals surface area contributed by atoms with Crippen molar-refractivity contribution < 1.29 is 15.3 Å². The van der Waals surface area contributed by atoms with E-state index in [2.05, 4.69) is 148 Å². The minimum Gasteiger partial charge on any atom is -0.508 e. The van der Waals surface area contributed by atoms with Crippen LogP contribution < -0.4 is 21.3 Å². The molecule has 7 rings (SSSR count). The number of nitrogens with one attached hydrogen (secondary N) is 4. The second-order valence-electron chi connectivity index (χ2n) is 13.6. The highest BCUT2D eigenvalue weighted by molar-refractivity contribution is 8.65. The molecule has 1 aliphatic rings. The highest BCUT2D eigenvalue weighted by atomic mass is 32.7. The summed E-state index contributed by atoms with van der Waals surface area (Å²) >= 11 is 0. The van der Waals surface area contributed by atoms with Gasteiger partial charge in [-0.25, -0.2) is 0 Å². The van der Waals surface area contributed by atoms with E-state index in [0.717, 1.165) is 44.7 Å². The Bertz CT molecular complexity index is 1780. The van der Waals surface area contributed by atoms with E-state index in [0.29, 0.717) is 17.2 Å². The van der Waals surface area contributed by atoms with Gasteiger partial charge >= 0.3 is 0 Å². The lowest BCUT2D eigenvalue weighted by Gasteiger charge is -2.35. The molecule has 1 heterocycles. The molecular weight excluding hydrogens is 879 g/mol. The molecule has 5 atom stereocenters. The van der Waals surface area contributed by atoms with Crippen LogP contribution in [0.25, 0.3) is 0 Å². The molecule has 0 saturated carbocycles. The van der Waals surface area contributed by atoms with E-state index in [9.17, 15) is 0 Å². The van der Waals surface area contributed by atoms with Crippen LogP contribution in [0.15, 0.2) is 175 Å². The Balaban J connectivity index is 0.000000765. The van der Waals surface area contributed by atoms with Crippen LogP contribution in [0.3, 0.4) is 0 Å². The third kappa shape index (κ3) is 32.9. The number of hydrogen-bond acceptors (Lipinski definition) is 6. The van der Waals surface area contributed by atoms with Crippen molar-refractivity contribution in [1.29, 1.82) is 0 Å². The Morgan fingerprint density at radius 3 is 1.00 bits per heavy atom. The number of aromatic hydroxyl groups is 3. The smallest absolute Gasteiger partial charge is 0.195 e. The first-order chi connectivity index (χ1) is 31.5. The molecule has 7 N–H and O–H groups in total. The summed E-state index contributed by atoms with van der Waals surface area (Å²) in [5, 5.41) is 39.3. The highest BCUT2D eigenvalue weighted by Gasteiger charge is 2.23. The first kappa shape index (κ1) is 60.6. The van der Waals surface area contributed by atoms with Gasteiger partial charge in [-0.1, -0.05) is 182 Å². The average molecular weight is 958 g/mol. The molecule has 6 aromatic carbocycles. The summed E-state index contributed by atoms with van der Waals surface area (Å²) in [7, 11) is 7.94. The van der Waals surface area contributed by atoms with Gasteiger partial charge in [0, 0.05) is 6.54 Å². The molecule has 1 aliphatic heterocycles. The third-order valence-electron chi connectivity index (χ3n) is 8.70. The maximum atomic E-state index is 8.63. The molecule has 1 fully saturated rings. The zero-order chi connectivity index (χ0) is 48.5. The normalized spacial score (nSPS) is 13.5. The van der Waals surface area contributed by atoms with Crippen LogP contribution in [0.4, 0.5) is 0 Å². The van der Waals surface area contributed by atoms with Crippen molar-refractivity contribution >= 4 is 39.7 Å². The molecule has 0 aromatic heterocycles. The van der Waals surface area contributed by atoms with Gasteiger partial charge in [0.15, 0.2) is 5.96 Å². The minimum atomic E-state index is 0.0340. The second kappa shape index (κ2) is 41.1. The summed E-state index contributed by atoms with van der Waals surface area (Å²) in [6.07, 6.45) is 4.68. The summed E-state index contributed by atoms with van der Waals surface area (Å²) in [5.74, 6) is 1.79. The molecule has 0 bridgehead atoms. The van der Waals surface area contributed by atoms with Crippen LogP contribution in [-0.4, -0.2) is 40.7 Å². The Labute approximate surface area is 401 Å². The van der Waals surface area contributed by atoms with Gasteiger partial charge in [-0.2, -0.15) is 0 Å². The van der Waals surface area contributed by atoms with Gasteiger partial charge < -0.3 is 26.0 Å². The molecule has 6 aromatic rings. The molecule has 0 radical (unpaired) electrons. The van der Waals surface area contributed by atoms with Crippen molar-refractivity contribution in [2.75, 3.05) is 13.1 Å². The largest absolute Gasteiger partial charge is 0.508 e. The summed E-state index contributed by atoms with van der Waals surface area (Å²) in [6, 6.07) is 54.1. The Kier molecular flexibility index (Phi) is 38.3. The van der Waals surface area contributed by atoms with Crippen molar-refractivity contribution in [1.82, 2.24) is 21.3 Å². The maximum absolute atomic E-state index is 8.63. The molecular formula is C53H79N5O3P4. The number of aryl methyl sites for hydroxylation is 4. The van der Waals surface area contributed by atoms with Gasteiger partial charge in [-0.3, -0.25) is 15.6 Å². The van der Waals surface area contributed by atoms with Crippen LogP contribution in [0.1, 0.15) is 89.4 Å². The monoisotopic (exact) mass is 958 g/mol. The Hall–Kier alpha value is -4.37. The molecule has 12 heteroatoms. The van der Waals surface area contributed by atoms with E-state index in [-0.39, 0.29) is 19.4 Å². The van der Waals surface area contributed by atoms with E-state index < -0.39 is 0 Å². The molecule has 0 spiro atoms. The Morgan fingerprint density at radius 2 is 0.769 bits per heavy atom. The van der Waals surface area contributed by atoms with Crippen LogP contribution in [0.5, 0.6) is 17.2 Å². The second-order valence-corrected chi connectivity index (χ2v) is 25.2. The topological polar surface area (TPSA) is 121 Å². The SMILES string of the molecule is CC.CCN=C1NC(NCC)NC(c2ccccc2)N1.CCc1ccc(CC)cc1.CCc1ccc(CC)cc1.Oc1ccccc1.Oc1ccccc1.Oc1ccccc1.PP(P)P. The number of phenolic OH excluding ortho intramolecular Hbond substituents is 3. The van der Waals surface area contributed by atoms with Gasteiger partial charge in [-0.05, 0) is 110 Å². The van der Waals surface area contributed by atoms with Crippen molar-refractivity contribution in [3.8, 4) is 17.2 Å². The molecule has 0 amide bonds. The number of hydrogen-bond donors (Lipinski definition) is 7. The first-order valence-corrected chi connectivity index (χ1v) is 28.7. The van der Waals surface area contributed by atoms with Gasteiger partial charge in [0.1, 0.15) is 29.7 Å². The molecule has 1 saturated heterocycles. The van der Waals surface area contributed by atoms with E-state index >= 15 is 0 Å². The van der Waals surface area contributed by atoms with Gasteiger partial charge in [0.2, 0.25) is 0 Å². The number of nitrogens with zero attached hydrogens (tertiary/aromatic N) is 1. The predicted octanol–water partition coefficient (Wildman–Crippen LogP) is 13.4. The fourth-order valence-electron chi connectivity index (χ4n) is 5.26. The zero-order valence-electron chi connectivity index (χ0n) is 40.0. The third-order valence-corrected chi connectivity index (χ3v) is 8.70. The van der Waals surface area contributed by atoms with Gasteiger partial charge in [0.25, 0.3) is 0 Å². The first-order valence-electron chi connectivity index (χ1n) is 22.5. The van der Waals surface area contributed by atoms with Crippen LogP contribution in [0.2, 0.25) is 0 Å². The van der Waals surface area contributed by atoms with E-state index in [1.165, 1.54) is 27.8 Å². The lowest BCUT2D eigenvalue weighted by atomic mass is 10.1. The Morgan fingerprint density at radius 1 is 0.477 bits per heavy atom. The number of aliphatic imine (C=N–C) groups is 1. The van der Waals surface area contributed by atoms with Crippen molar-refractivity contribution in [3.63, 3.8) is 0 Å². The zero-order valence-corrected chi connectivity index (χ0v) is 44.4. The molecule has 354 valence electrons. The van der Waals surface area contributed by atoms with E-state index in [1.807, 2.05) is 57.2 Å². The van der Waals surface area contributed by atoms with Crippen LogP contribution >= 0.6 is 33.8 Å². The summed E-state index contributed by atoms with van der Waals surface area (Å²) < 4.78 is 0. The van der Waals surface area contributed by atoms with Crippen molar-refractivity contribution in [2.24, 2.45) is 4.99 Å². The summed E-state index contributed by atoms with van der Waals surface area (Å²) in [4.78, 5) is 4.41. The summed E-state index contributed by atoms with van der Waals surface area (Å²) in [5.41, 5.74) is 6.91. The van der Waals surface area contributed by atoms with E-state index in [4.69, 9.17) is 15.3 Å². The average Bonchev–Trinajstić information content (AvgIpc) is 3.34. The number of phenols is 3. The number of guanidine groups is 1. The summed E-state index contributed by atoms with van der Waals surface area (Å²) in [6.45, 7) is 18.6. The fraction of sp³-hybridized carbons (Fsp3) is 0.302. The van der Waals surface area contributed by atoms with Gasteiger partial charge in [-0.15, -0.1) is 26.8 Å². The van der Waals surface area contributed by atoms with Crippen molar-refractivity contribution in [2.45, 2.75) is 93.5 Å². The van der Waals surface area contributed by atoms with Crippen molar-refractivity contribution in [3.05, 3.63) is 198 Å². The van der Waals surface area contributed by atoms with Gasteiger partial charge in [0.05, 0.1) is 0 Å². The molecule has 0 aliphatic carbocycles. The highest BCUT2D eigenvalue weighted by Crippen LogP contribution is 2.59. The molecule has 8 nitrogen and oxygen atoms in total. The molecule has 5 unspecified atom stereocenters. The lowest BCUT2D eigenvalue weighted by molar-refractivity contribution is 0.312. The number of para-hydroxylation sites is 3. The fourth-order valence-corrected chi connectivity index (χ4v) is 5.26. The number of benzene rings is 6. The standard InChI is InChI=1S/C13H21N5.2C10H14.3C6H6O.C2H6.H6P4/c1-3-14-12-16-11(10-8-6-5-7-9-10)17-13(18-12)15-4-2;2*1-3-9-5-7-10(4-2)8-6-9;3*7-6-4-2-1-3-5-6;1-2;1-4(2)3/h5-9,11-12,14,16H,3-4H2,1-2H3,(H2,15,17,18);2*5-8H,3-4H2,1-2H3;3*1-5,7H;1-2H3;1-3H2. The lowest BCUT2D eigenvalue weighted by Crippen LogP contribution is -2.66. The van der Waals surface area contributed by atoms with Crippen LogP contribution in [0, 0.1) is 0 Å².